The van der Waals surface area contributed by atoms with Crippen LogP contribution >= 0.6 is 0 Å². The van der Waals surface area contributed by atoms with Crippen LogP contribution in [0.1, 0.15) is 23.5 Å². The van der Waals surface area contributed by atoms with Crippen molar-refractivity contribution in [3.8, 4) is 5.75 Å². The summed E-state index contributed by atoms with van der Waals surface area (Å²) in [5, 5.41) is 23.2. The van der Waals surface area contributed by atoms with Gasteiger partial charge in [-0.3, -0.25) is 9.59 Å². The number of benzene rings is 1. The molecule has 1 aliphatic carbocycles. The first kappa shape index (κ1) is 23.0. The number of hydrogen-bond acceptors (Lipinski definition) is 7. The van der Waals surface area contributed by atoms with Crippen LogP contribution in [-0.4, -0.2) is 72.0 Å². The standard InChI is InChI=1S/C24H28N2O7/c1-31-10-7-20(28)26(13-15-6-11-32-14-15)18-12-17(24(30)25-8-9-27)21-16-4-2-3-5-19(16)33-23(21)22(18)29/h2-6,11-12,14,18,21-23,27,29H,7-10,13H2,1H3,(H,25,30). The minimum atomic E-state index is -1.07. The molecule has 4 rings (SSSR count). The molecule has 2 aliphatic rings. The van der Waals surface area contributed by atoms with Gasteiger partial charge in [0.25, 0.3) is 0 Å². The summed E-state index contributed by atoms with van der Waals surface area (Å²) in [4.78, 5) is 27.7. The van der Waals surface area contributed by atoms with Gasteiger partial charge < -0.3 is 34.3 Å². The molecule has 4 atom stereocenters. The lowest BCUT2D eigenvalue weighted by molar-refractivity contribution is -0.139. The second-order valence-corrected chi connectivity index (χ2v) is 8.08. The number of nitrogens with zero attached hydrogens (tertiary/aromatic N) is 1. The summed E-state index contributed by atoms with van der Waals surface area (Å²) < 4.78 is 16.3. The van der Waals surface area contributed by atoms with Crippen LogP contribution in [-0.2, 0) is 20.9 Å². The molecule has 0 spiro atoms. The first-order valence-corrected chi connectivity index (χ1v) is 10.9. The zero-order valence-electron chi connectivity index (χ0n) is 18.3. The van der Waals surface area contributed by atoms with Crippen molar-refractivity contribution in [2.75, 3.05) is 26.9 Å². The van der Waals surface area contributed by atoms with Crippen LogP contribution < -0.4 is 10.1 Å². The molecule has 0 fully saturated rings. The molecule has 0 bridgehead atoms. The second-order valence-electron chi connectivity index (χ2n) is 8.08. The highest BCUT2D eigenvalue weighted by atomic mass is 16.5. The molecule has 1 aromatic heterocycles. The van der Waals surface area contributed by atoms with Crippen molar-refractivity contribution < 1.29 is 33.7 Å². The molecule has 1 aliphatic heterocycles. The van der Waals surface area contributed by atoms with E-state index in [0.29, 0.717) is 11.3 Å². The van der Waals surface area contributed by atoms with E-state index in [2.05, 4.69) is 5.32 Å². The number of fused-ring (bicyclic) bond motifs is 3. The molecular formula is C24H28N2O7. The van der Waals surface area contributed by atoms with Crippen molar-refractivity contribution in [1.82, 2.24) is 10.2 Å². The average molecular weight is 456 g/mol. The minimum absolute atomic E-state index is 0.0921. The van der Waals surface area contributed by atoms with Crippen LogP contribution in [0.15, 0.2) is 58.9 Å². The lowest BCUT2D eigenvalue weighted by Gasteiger charge is -2.40. The zero-order valence-corrected chi connectivity index (χ0v) is 18.3. The normalized spacial score (nSPS) is 23.2. The van der Waals surface area contributed by atoms with Crippen LogP contribution in [0.25, 0.3) is 0 Å². The van der Waals surface area contributed by atoms with Gasteiger partial charge in [-0.05, 0) is 18.2 Å². The van der Waals surface area contributed by atoms with Gasteiger partial charge in [0.2, 0.25) is 11.8 Å². The first-order valence-electron chi connectivity index (χ1n) is 10.9. The SMILES string of the molecule is COCCC(=O)N(Cc1ccoc1)C1C=C(C(=O)NCCO)C2c3ccccc3OC2C1O. The van der Waals surface area contributed by atoms with Crippen molar-refractivity contribution in [1.29, 1.82) is 0 Å². The molecular weight excluding hydrogens is 428 g/mol. The summed E-state index contributed by atoms with van der Waals surface area (Å²) in [5.74, 6) is -0.498. The third kappa shape index (κ3) is 4.66. The fraction of sp³-hybridized carbons (Fsp3) is 0.417. The quantitative estimate of drug-likeness (QED) is 0.514. The monoisotopic (exact) mass is 456 g/mol. The minimum Gasteiger partial charge on any atom is -0.486 e. The van der Waals surface area contributed by atoms with E-state index < -0.39 is 24.2 Å². The Morgan fingerprint density at radius 1 is 1.24 bits per heavy atom. The van der Waals surface area contributed by atoms with Gasteiger partial charge in [-0.2, -0.15) is 0 Å². The van der Waals surface area contributed by atoms with Crippen LogP contribution in [0.4, 0.5) is 0 Å². The maximum atomic E-state index is 13.1. The third-order valence-corrected chi connectivity index (χ3v) is 6.01. The maximum Gasteiger partial charge on any atom is 0.247 e. The third-order valence-electron chi connectivity index (χ3n) is 6.01. The van der Waals surface area contributed by atoms with Crippen LogP contribution in [0.2, 0.25) is 0 Å². The molecule has 33 heavy (non-hydrogen) atoms. The molecule has 9 nitrogen and oxygen atoms in total. The molecule has 4 unspecified atom stereocenters. The van der Waals surface area contributed by atoms with Gasteiger partial charge in [0.1, 0.15) is 18.0 Å². The maximum absolute atomic E-state index is 13.1. The fourth-order valence-corrected chi connectivity index (χ4v) is 4.46. The number of methoxy groups -OCH3 is 1. The number of carbonyl (C=O) groups is 2. The summed E-state index contributed by atoms with van der Waals surface area (Å²) >= 11 is 0. The smallest absolute Gasteiger partial charge is 0.247 e. The number of rotatable bonds is 9. The molecule has 3 N–H and O–H groups in total. The molecule has 2 aromatic rings. The molecule has 0 saturated carbocycles. The van der Waals surface area contributed by atoms with Crippen molar-refractivity contribution in [3.63, 3.8) is 0 Å². The van der Waals surface area contributed by atoms with Crippen LogP contribution in [0.3, 0.4) is 0 Å². The van der Waals surface area contributed by atoms with E-state index in [0.717, 1.165) is 11.1 Å². The van der Waals surface area contributed by atoms with Gasteiger partial charge in [0.05, 0.1) is 44.1 Å². The van der Waals surface area contributed by atoms with Crippen molar-refractivity contribution in [2.45, 2.75) is 37.1 Å². The number of nitrogens with one attached hydrogen (secondary N) is 1. The van der Waals surface area contributed by atoms with Gasteiger partial charge in [-0.15, -0.1) is 0 Å². The Labute approximate surface area is 191 Å². The molecule has 1 aromatic carbocycles. The Morgan fingerprint density at radius 2 is 2.06 bits per heavy atom. The van der Waals surface area contributed by atoms with E-state index in [1.165, 1.54) is 24.5 Å². The molecule has 2 heterocycles. The van der Waals surface area contributed by atoms with E-state index in [-0.39, 0.29) is 44.5 Å². The van der Waals surface area contributed by atoms with Gasteiger partial charge >= 0.3 is 0 Å². The summed E-state index contributed by atoms with van der Waals surface area (Å²) in [7, 11) is 1.51. The summed E-state index contributed by atoms with van der Waals surface area (Å²) in [6, 6.07) is 8.28. The summed E-state index contributed by atoms with van der Waals surface area (Å²) in [5.41, 5.74) is 1.95. The van der Waals surface area contributed by atoms with Crippen LogP contribution in [0, 0.1) is 0 Å². The average Bonchev–Trinajstić information content (AvgIpc) is 3.48. The lowest BCUT2D eigenvalue weighted by Crippen LogP contribution is -2.55. The number of para-hydroxylation sites is 1. The molecule has 9 heteroatoms. The molecule has 2 amide bonds. The number of hydrogen-bond donors (Lipinski definition) is 3. The molecule has 0 saturated heterocycles. The van der Waals surface area contributed by atoms with Crippen molar-refractivity contribution in [3.05, 3.63) is 65.6 Å². The van der Waals surface area contributed by atoms with E-state index >= 15 is 0 Å². The number of ether oxygens (including phenoxy) is 2. The first-order chi connectivity index (χ1) is 16.0. The molecule has 0 radical (unpaired) electrons. The van der Waals surface area contributed by atoms with Gasteiger partial charge in [-0.1, -0.05) is 18.2 Å². The Hall–Kier alpha value is -3.14. The Bertz CT molecular complexity index is 1000. The molecule has 176 valence electrons. The lowest BCUT2D eigenvalue weighted by atomic mass is 9.77. The van der Waals surface area contributed by atoms with E-state index in [9.17, 15) is 14.7 Å². The zero-order chi connectivity index (χ0) is 23.4. The van der Waals surface area contributed by atoms with Crippen molar-refractivity contribution in [2.24, 2.45) is 0 Å². The predicted molar refractivity (Wildman–Crippen MR) is 117 cm³/mol. The van der Waals surface area contributed by atoms with Gasteiger partial charge in [-0.25, -0.2) is 0 Å². The van der Waals surface area contributed by atoms with Crippen LogP contribution in [0.5, 0.6) is 5.75 Å². The summed E-state index contributed by atoms with van der Waals surface area (Å²) in [6.07, 6.45) is 3.00. The number of aliphatic hydroxyl groups is 2. The number of aliphatic hydroxyl groups excluding tert-OH is 2. The largest absolute Gasteiger partial charge is 0.486 e. The fourth-order valence-electron chi connectivity index (χ4n) is 4.46. The van der Waals surface area contributed by atoms with Gasteiger partial charge in [0, 0.05) is 36.9 Å². The number of carbonyl (C=O) groups excluding carboxylic acids is 2. The summed E-state index contributed by atoms with van der Waals surface area (Å²) in [6.45, 7) is 0.307. The van der Waals surface area contributed by atoms with E-state index in [1.807, 2.05) is 18.2 Å². The van der Waals surface area contributed by atoms with E-state index in [1.54, 1.807) is 18.2 Å². The predicted octanol–water partition coefficient (Wildman–Crippen LogP) is 0.967. The second kappa shape index (κ2) is 10.2. The number of amides is 2. The Balaban J connectivity index is 1.73. The number of furan rings is 1. The van der Waals surface area contributed by atoms with Crippen molar-refractivity contribution >= 4 is 11.8 Å². The topological polar surface area (TPSA) is 121 Å². The Kier molecular flexibility index (Phi) is 7.12. The van der Waals surface area contributed by atoms with Gasteiger partial charge in [0.15, 0.2) is 0 Å². The highest BCUT2D eigenvalue weighted by Crippen LogP contribution is 2.47. The highest BCUT2D eigenvalue weighted by Gasteiger charge is 2.50. The Morgan fingerprint density at radius 3 is 2.79 bits per heavy atom. The van der Waals surface area contributed by atoms with E-state index in [4.69, 9.17) is 19.0 Å². The highest BCUT2D eigenvalue weighted by molar-refractivity contribution is 5.96.